The minimum absolute atomic E-state index is 0.116. The molecule has 0 bridgehead atoms. The number of benzene rings is 2. The van der Waals surface area contributed by atoms with E-state index in [1.54, 1.807) is 0 Å². The van der Waals surface area contributed by atoms with Gasteiger partial charge in [-0.15, -0.1) is 0 Å². The summed E-state index contributed by atoms with van der Waals surface area (Å²) in [5, 5.41) is 2.74. The molecule has 4 amide bonds. The number of carbonyl (C=O) groups is 3. The fourth-order valence-corrected chi connectivity index (χ4v) is 3.10. The van der Waals surface area contributed by atoms with Crippen molar-refractivity contribution in [3.8, 4) is 0 Å². The summed E-state index contributed by atoms with van der Waals surface area (Å²) in [6.07, 6.45) is -10.5. The second-order valence-corrected chi connectivity index (χ2v) is 7.04. The van der Waals surface area contributed by atoms with E-state index in [4.69, 9.17) is 0 Å². The summed E-state index contributed by atoms with van der Waals surface area (Å²) in [5.41, 5.74) is -5.56. The summed E-state index contributed by atoms with van der Waals surface area (Å²) < 4.78 is 93.2. The van der Waals surface area contributed by atoms with E-state index in [-0.39, 0.29) is 11.3 Å². The van der Waals surface area contributed by atoms with Gasteiger partial charge in [-0.25, -0.2) is 9.18 Å². The molecule has 6 nitrogen and oxygen atoms in total. The predicted molar refractivity (Wildman–Crippen MR) is 98.0 cm³/mol. The first kappa shape index (κ1) is 24.0. The van der Waals surface area contributed by atoms with Crippen LogP contribution < -0.4 is 10.6 Å². The summed E-state index contributed by atoms with van der Waals surface area (Å²) in [4.78, 5) is 37.4. The van der Waals surface area contributed by atoms with E-state index in [0.717, 1.165) is 24.3 Å². The van der Waals surface area contributed by atoms with Crippen molar-refractivity contribution in [1.29, 1.82) is 0 Å². The van der Waals surface area contributed by atoms with Crippen LogP contribution in [0.2, 0.25) is 0 Å². The van der Waals surface area contributed by atoms with Crippen LogP contribution >= 0.6 is 0 Å². The van der Waals surface area contributed by atoms with Crippen molar-refractivity contribution in [1.82, 2.24) is 15.5 Å². The topological polar surface area (TPSA) is 78.5 Å². The number of halogens is 7. The Hall–Kier alpha value is -3.64. The number of nitrogens with zero attached hydrogens (tertiary/aromatic N) is 1. The average molecular weight is 477 g/mol. The highest BCUT2D eigenvalue weighted by molar-refractivity contribution is 6.10. The van der Waals surface area contributed by atoms with Crippen molar-refractivity contribution in [2.24, 2.45) is 0 Å². The van der Waals surface area contributed by atoms with Crippen LogP contribution in [0, 0.1) is 5.82 Å². The van der Waals surface area contributed by atoms with Gasteiger partial charge < -0.3 is 5.32 Å². The number of imide groups is 1. The molecule has 1 atom stereocenters. The van der Waals surface area contributed by atoms with Crippen LogP contribution in [0.4, 0.5) is 35.5 Å². The van der Waals surface area contributed by atoms with Gasteiger partial charge in [-0.3, -0.25) is 19.8 Å². The molecule has 1 fully saturated rings. The molecule has 33 heavy (non-hydrogen) atoms. The largest absolute Gasteiger partial charge is 0.440 e. The number of carbonyl (C=O) groups excluding carboxylic acids is 3. The van der Waals surface area contributed by atoms with Crippen LogP contribution in [0.15, 0.2) is 48.5 Å². The lowest BCUT2D eigenvalue weighted by Gasteiger charge is -2.30. The highest BCUT2D eigenvalue weighted by atomic mass is 19.4. The van der Waals surface area contributed by atoms with Crippen molar-refractivity contribution < 1.29 is 45.1 Å². The Labute approximate surface area is 181 Å². The van der Waals surface area contributed by atoms with Crippen molar-refractivity contribution in [2.75, 3.05) is 6.54 Å². The Bertz CT molecular complexity index is 1080. The van der Waals surface area contributed by atoms with Gasteiger partial charge in [0.15, 0.2) is 0 Å². The Balaban J connectivity index is 1.85. The fraction of sp³-hybridized carbons (Fsp3) is 0.250. The zero-order valence-corrected chi connectivity index (χ0v) is 16.4. The summed E-state index contributed by atoms with van der Waals surface area (Å²) in [6.45, 7) is -0.534. The van der Waals surface area contributed by atoms with E-state index in [1.165, 1.54) is 22.8 Å². The molecule has 1 saturated heterocycles. The molecule has 2 aromatic rings. The standard InChI is InChI=1S/C20H14F7N3O3/c21-14-6-4-11(5-7-14)8-9-30-16(32)18(20(25,26)27,29-17(30)33)28-15(31)12-2-1-3-13(10-12)19(22,23)24/h1-7,10H,8-9H2,(H,28,31)(H,29,33)/t18-/m0/s1. The Morgan fingerprint density at radius 1 is 1.00 bits per heavy atom. The fourth-order valence-electron chi connectivity index (χ4n) is 3.10. The van der Waals surface area contributed by atoms with E-state index in [9.17, 15) is 45.1 Å². The average Bonchev–Trinajstić information content (AvgIpc) is 2.97. The molecule has 0 radical (unpaired) electrons. The number of hydrogen-bond acceptors (Lipinski definition) is 3. The maximum absolute atomic E-state index is 13.9. The minimum Gasteiger partial charge on any atom is -0.314 e. The first-order valence-electron chi connectivity index (χ1n) is 9.19. The third-order valence-electron chi connectivity index (χ3n) is 4.82. The van der Waals surface area contributed by atoms with Gasteiger partial charge in [-0.05, 0) is 42.3 Å². The van der Waals surface area contributed by atoms with Crippen LogP contribution in [-0.4, -0.2) is 41.1 Å². The molecule has 0 aromatic heterocycles. The Morgan fingerprint density at radius 2 is 1.64 bits per heavy atom. The highest BCUT2D eigenvalue weighted by Gasteiger charge is 2.68. The molecule has 13 heteroatoms. The number of urea groups is 1. The van der Waals surface area contributed by atoms with E-state index in [0.29, 0.717) is 17.7 Å². The molecule has 176 valence electrons. The molecular weight excluding hydrogens is 463 g/mol. The number of nitrogens with one attached hydrogen (secondary N) is 2. The van der Waals surface area contributed by atoms with Crippen molar-refractivity contribution in [3.63, 3.8) is 0 Å². The van der Waals surface area contributed by atoms with Crippen LogP contribution in [-0.2, 0) is 17.4 Å². The zero-order chi connectivity index (χ0) is 24.6. The monoisotopic (exact) mass is 477 g/mol. The summed E-state index contributed by atoms with van der Waals surface area (Å²) in [6, 6.07) is 5.85. The second-order valence-electron chi connectivity index (χ2n) is 7.04. The molecule has 1 aliphatic rings. The number of amides is 4. The van der Waals surface area contributed by atoms with Gasteiger partial charge in [-0.1, -0.05) is 18.2 Å². The van der Waals surface area contributed by atoms with Gasteiger partial charge in [-0.2, -0.15) is 26.3 Å². The number of rotatable bonds is 5. The molecule has 2 N–H and O–H groups in total. The molecule has 1 aliphatic heterocycles. The lowest BCUT2D eigenvalue weighted by molar-refractivity contribution is -0.200. The second kappa shape index (κ2) is 8.37. The number of alkyl halides is 6. The number of hydrogen-bond donors (Lipinski definition) is 2. The molecule has 2 aromatic carbocycles. The van der Waals surface area contributed by atoms with Crippen molar-refractivity contribution in [2.45, 2.75) is 24.4 Å². The van der Waals surface area contributed by atoms with Gasteiger partial charge >= 0.3 is 18.4 Å². The summed E-state index contributed by atoms with van der Waals surface area (Å²) in [5.74, 6) is -4.09. The quantitative estimate of drug-likeness (QED) is 0.510. The molecule has 0 unspecified atom stereocenters. The smallest absolute Gasteiger partial charge is 0.314 e. The maximum Gasteiger partial charge on any atom is 0.440 e. The van der Waals surface area contributed by atoms with Crippen molar-refractivity contribution in [3.05, 3.63) is 71.0 Å². The first-order chi connectivity index (χ1) is 15.2. The molecule has 0 saturated carbocycles. The van der Waals surface area contributed by atoms with Crippen LogP contribution in [0.1, 0.15) is 21.5 Å². The van der Waals surface area contributed by atoms with Crippen LogP contribution in [0.5, 0.6) is 0 Å². The third kappa shape index (κ3) is 4.76. The van der Waals surface area contributed by atoms with Gasteiger partial charge in [0.05, 0.1) is 5.56 Å². The molecular formula is C20H14F7N3O3. The van der Waals surface area contributed by atoms with Gasteiger partial charge in [0, 0.05) is 12.1 Å². The van der Waals surface area contributed by atoms with Gasteiger partial charge in [0.25, 0.3) is 17.5 Å². The first-order valence-corrected chi connectivity index (χ1v) is 9.19. The Morgan fingerprint density at radius 3 is 2.21 bits per heavy atom. The summed E-state index contributed by atoms with van der Waals surface area (Å²) in [7, 11) is 0. The van der Waals surface area contributed by atoms with E-state index in [1.807, 2.05) is 0 Å². The van der Waals surface area contributed by atoms with Gasteiger partial charge in [0.1, 0.15) is 5.82 Å². The molecule has 3 rings (SSSR count). The normalized spacial score (nSPS) is 18.9. The van der Waals surface area contributed by atoms with E-state index in [2.05, 4.69) is 0 Å². The molecule has 0 spiro atoms. The van der Waals surface area contributed by atoms with Crippen LogP contribution in [0.25, 0.3) is 0 Å². The zero-order valence-electron chi connectivity index (χ0n) is 16.4. The van der Waals surface area contributed by atoms with E-state index >= 15 is 0 Å². The molecule has 1 heterocycles. The predicted octanol–water partition coefficient (Wildman–Crippen LogP) is 3.63. The third-order valence-corrected chi connectivity index (χ3v) is 4.82. The van der Waals surface area contributed by atoms with E-state index < -0.39 is 59.3 Å². The van der Waals surface area contributed by atoms with Crippen LogP contribution in [0.3, 0.4) is 0 Å². The van der Waals surface area contributed by atoms with Gasteiger partial charge in [0.2, 0.25) is 0 Å². The lowest BCUT2D eigenvalue weighted by Crippen LogP contribution is -2.69. The highest BCUT2D eigenvalue weighted by Crippen LogP contribution is 2.35. The Kier molecular flexibility index (Phi) is 6.09. The summed E-state index contributed by atoms with van der Waals surface area (Å²) >= 11 is 0. The molecule has 0 aliphatic carbocycles. The lowest BCUT2D eigenvalue weighted by atomic mass is 10.1. The minimum atomic E-state index is -5.53. The van der Waals surface area contributed by atoms with Crippen molar-refractivity contribution >= 4 is 17.8 Å². The maximum atomic E-state index is 13.9. The SMILES string of the molecule is O=C(N[C@]1(C(F)(F)F)NC(=O)N(CCc2ccc(F)cc2)C1=O)c1cccc(C(F)(F)F)c1.